The van der Waals surface area contributed by atoms with Gasteiger partial charge in [-0.25, -0.2) is 4.99 Å². The van der Waals surface area contributed by atoms with Crippen molar-refractivity contribution in [1.29, 1.82) is 0 Å². The van der Waals surface area contributed by atoms with Gasteiger partial charge in [-0.1, -0.05) is 47.7 Å². The third-order valence-electron chi connectivity index (χ3n) is 8.10. The Labute approximate surface area is 289 Å². The first-order chi connectivity index (χ1) is 22.8. The second-order valence-corrected chi connectivity index (χ2v) is 12.8. The molecule has 0 unspecified atom stereocenters. The van der Waals surface area contributed by atoms with Crippen molar-refractivity contribution in [3.63, 3.8) is 0 Å². The Morgan fingerprint density at radius 2 is 1.83 bits per heavy atom. The van der Waals surface area contributed by atoms with E-state index in [-0.39, 0.29) is 24.1 Å². The summed E-state index contributed by atoms with van der Waals surface area (Å²) >= 11 is 2.28. The smallest absolute Gasteiger partial charge is 0.255 e. The number of nitrogens with one attached hydrogen (secondary N) is 2. The standard InChI is InChI=1S/C35H41IN8O3/c1-2-13-44(15-10-36)35(47)27-16-25-7-8-26(18-31(25)42-32(38)19-27)34(46)41-29-17-28-22-43(14-9-30(28)40-20-29)21-23-3-5-24(6-4-23)33(45)39-12-11-37/h3-8,16-18,20H,2,9-15,19,21-22,37H2,1H3,(H2,38,42)(H,39,45)(H,41,46). The molecule has 1 aromatic heterocycles. The molecule has 5 rings (SSSR count). The quantitative estimate of drug-likeness (QED) is 0.161. The molecule has 0 atom stereocenters. The predicted molar refractivity (Wildman–Crippen MR) is 194 cm³/mol. The highest BCUT2D eigenvalue weighted by atomic mass is 127. The van der Waals surface area contributed by atoms with Crippen LogP contribution in [0.15, 0.2) is 65.3 Å². The second kappa shape index (κ2) is 16.1. The molecule has 0 saturated carbocycles. The Morgan fingerprint density at radius 3 is 2.57 bits per heavy atom. The molecule has 0 saturated heterocycles. The van der Waals surface area contributed by atoms with E-state index in [0.717, 1.165) is 52.7 Å². The molecule has 11 nitrogen and oxygen atoms in total. The first-order valence-electron chi connectivity index (χ1n) is 15.9. The van der Waals surface area contributed by atoms with Gasteiger partial charge in [-0.2, -0.15) is 0 Å². The number of fused-ring (bicyclic) bond motifs is 2. The number of anilines is 1. The van der Waals surface area contributed by atoms with Gasteiger partial charge >= 0.3 is 0 Å². The molecule has 3 amide bonds. The molecule has 3 aromatic rings. The number of benzene rings is 2. The first kappa shape index (κ1) is 34.2. The van der Waals surface area contributed by atoms with Crippen LogP contribution in [0.4, 0.5) is 11.4 Å². The van der Waals surface area contributed by atoms with E-state index in [2.05, 4.69) is 55.0 Å². The van der Waals surface area contributed by atoms with Crippen LogP contribution in [0.1, 0.15) is 62.9 Å². The third kappa shape index (κ3) is 8.82. The van der Waals surface area contributed by atoms with Crippen molar-refractivity contribution in [3.05, 3.63) is 93.8 Å². The number of amides is 3. The van der Waals surface area contributed by atoms with Gasteiger partial charge in [0.1, 0.15) is 5.84 Å². The van der Waals surface area contributed by atoms with Gasteiger partial charge in [0.25, 0.3) is 11.8 Å². The van der Waals surface area contributed by atoms with Crippen LogP contribution < -0.4 is 22.1 Å². The summed E-state index contributed by atoms with van der Waals surface area (Å²) in [4.78, 5) is 52.2. The van der Waals surface area contributed by atoms with Gasteiger partial charge in [-0.05, 0) is 54.0 Å². The van der Waals surface area contributed by atoms with Gasteiger partial charge in [0.2, 0.25) is 5.91 Å². The normalized spacial score (nSPS) is 14.2. The number of carbonyl (C=O) groups is 3. The average Bonchev–Trinajstić information content (AvgIpc) is 3.24. The minimum absolute atomic E-state index is 0.0317. The molecule has 2 aliphatic heterocycles. The molecule has 0 radical (unpaired) electrons. The molecule has 6 N–H and O–H groups in total. The summed E-state index contributed by atoms with van der Waals surface area (Å²) in [6.07, 6.45) is 5.47. The van der Waals surface area contributed by atoms with Gasteiger partial charge in [-0.15, -0.1) is 0 Å². The monoisotopic (exact) mass is 748 g/mol. The van der Waals surface area contributed by atoms with Crippen LogP contribution in [0.25, 0.3) is 6.08 Å². The number of aromatic nitrogens is 1. The highest BCUT2D eigenvalue weighted by Gasteiger charge is 2.22. The number of nitrogens with zero attached hydrogens (tertiary/aromatic N) is 4. The SMILES string of the molecule is CCCN(CCI)C(=O)C1=Cc2ccc(C(=O)Nc3cnc4c(c3)CN(Cc3ccc(C(=O)NCCN)cc3)CC4)cc2N=C(N)C1. The first-order valence-corrected chi connectivity index (χ1v) is 17.4. The number of halogens is 1. The highest BCUT2D eigenvalue weighted by molar-refractivity contribution is 14.1. The number of hydrogen-bond donors (Lipinski definition) is 4. The number of alkyl halides is 1. The summed E-state index contributed by atoms with van der Waals surface area (Å²) in [7, 11) is 0. The van der Waals surface area contributed by atoms with E-state index in [0.29, 0.717) is 66.6 Å². The van der Waals surface area contributed by atoms with E-state index in [1.165, 1.54) is 0 Å². The van der Waals surface area contributed by atoms with Crippen molar-refractivity contribution in [2.75, 3.05) is 42.5 Å². The lowest BCUT2D eigenvalue weighted by Gasteiger charge is -2.28. The summed E-state index contributed by atoms with van der Waals surface area (Å²) in [6, 6.07) is 14.8. The Kier molecular flexibility index (Phi) is 11.7. The van der Waals surface area contributed by atoms with E-state index in [1.807, 2.05) is 47.4 Å². The number of aliphatic imine (C=N–C) groups is 1. The van der Waals surface area contributed by atoms with Crippen molar-refractivity contribution >= 4 is 63.6 Å². The van der Waals surface area contributed by atoms with Crippen LogP contribution in [0, 0.1) is 0 Å². The number of nitrogens with two attached hydrogens (primary N) is 2. The molecule has 12 heteroatoms. The molecule has 3 heterocycles. The van der Waals surface area contributed by atoms with Crippen LogP contribution in [0.3, 0.4) is 0 Å². The zero-order valence-electron chi connectivity index (χ0n) is 26.6. The zero-order valence-corrected chi connectivity index (χ0v) is 28.8. The van der Waals surface area contributed by atoms with Gasteiger partial charge in [-0.3, -0.25) is 24.3 Å². The summed E-state index contributed by atoms with van der Waals surface area (Å²) in [5.41, 5.74) is 18.5. The van der Waals surface area contributed by atoms with Gasteiger partial charge < -0.3 is 27.0 Å². The van der Waals surface area contributed by atoms with Crippen molar-refractivity contribution in [2.45, 2.75) is 39.3 Å². The Balaban J connectivity index is 1.25. The molecule has 2 aromatic carbocycles. The number of amidine groups is 1. The Morgan fingerprint density at radius 1 is 1.04 bits per heavy atom. The fourth-order valence-electron chi connectivity index (χ4n) is 5.76. The molecular weight excluding hydrogens is 707 g/mol. The van der Waals surface area contributed by atoms with E-state index in [1.54, 1.807) is 18.3 Å². The predicted octanol–water partition coefficient (Wildman–Crippen LogP) is 4.03. The number of pyridine rings is 1. The molecule has 0 spiro atoms. The maximum Gasteiger partial charge on any atom is 0.255 e. The van der Waals surface area contributed by atoms with Crippen LogP contribution in [0.2, 0.25) is 0 Å². The van der Waals surface area contributed by atoms with Crippen LogP contribution >= 0.6 is 22.6 Å². The molecule has 0 fully saturated rings. The van der Waals surface area contributed by atoms with E-state index in [4.69, 9.17) is 11.5 Å². The Hall–Kier alpha value is -4.14. The second-order valence-electron chi connectivity index (χ2n) is 11.7. The lowest BCUT2D eigenvalue weighted by molar-refractivity contribution is -0.126. The summed E-state index contributed by atoms with van der Waals surface area (Å²) in [5, 5.41) is 5.77. The molecule has 47 heavy (non-hydrogen) atoms. The maximum absolute atomic E-state index is 13.3. The molecular formula is C35H41IN8O3. The highest BCUT2D eigenvalue weighted by Crippen LogP contribution is 2.29. The minimum Gasteiger partial charge on any atom is -0.387 e. The van der Waals surface area contributed by atoms with Crippen molar-refractivity contribution in [1.82, 2.24) is 20.1 Å². The van der Waals surface area contributed by atoms with Gasteiger partial charge in [0.15, 0.2) is 0 Å². The average molecular weight is 749 g/mol. The van der Waals surface area contributed by atoms with Crippen LogP contribution in [-0.4, -0.2) is 75.5 Å². The number of hydrogen-bond acceptors (Lipinski definition) is 8. The third-order valence-corrected chi connectivity index (χ3v) is 8.58. The summed E-state index contributed by atoms with van der Waals surface area (Å²) in [6.45, 7) is 6.55. The van der Waals surface area contributed by atoms with E-state index in [9.17, 15) is 14.4 Å². The maximum atomic E-state index is 13.3. The lowest BCUT2D eigenvalue weighted by Crippen LogP contribution is -2.35. The fourth-order valence-corrected chi connectivity index (χ4v) is 6.34. The molecule has 0 bridgehead atoms. The van der Waals surface area contributed by atoms with E-state index >= 15 is 0 Å². The van der Waals surface area contributed by atoms with Crippen LogP contribution in [-0.2, 0) is 24.3 Å². The van der Waals surface area contributed by atoms with Gasteiger partial charge in [0.05, 0.1) is 17.6 Å². The summed E-state index contributed by atoms with van der Waals surface area (Å²) in [5.74, 6) is -0.112. The Bertz CT molecular complexity index is 1680. The van der Waals surface area contributed by atoms with Crippen LogP contribution in [0.5, 0.6) is 0 Å². The summed E-state index contributed by atoms with van der Waals surface area (Å²) < 4.78 is 0.848. The lowest BCUT2D eigenvalue weighted by atomic mass is 10.0. The topological polar surface area (TPSA) is 159 Å². The van der Waals surface area contributed by atoms with Crippen molar-refractivity contribution in [3.8, 4) is 0 Å². The minimum atomic E-state index is -0.285. The molecule has 246 valence electrons. The number of carbonyl (C=O) groups excluding carboxylic acids is 3. The number of rotatable bonds is 12. The van der Waals surface area contributed by atoms with E-state index < -0.39 is 0 Å². The fraction of sp³-hybridized carbons (Fsp3) is 0.343. The largest absolute Gasteiger partial charge is 0.387 e. The zero-order chi connectivity index (χ0) is 33.3. The molecule has 0 aliphatic carbocycles. The van der Waals surface area contributed by atoms with Gasteiger partial charge in [0, 0.05) is 91.0 Å². The van der Waals surface area contributed by atoms with Crippen molar-refractivity contribution in [2.24, 2.45) is 16.5 Å². The van der Waals surface area contributed by atoms with Crippen molar-refractivity contribution < 1.29 is 14.4 Å². The molecule has 2 aliphatic rings.